The molecular weight excluding hydrogens is 244 g/mol. The molecule has 0 aliphatic carbocycles. The first-order valence-corrected chi connectivity index (χ1v) is 5.27. The SMILES string of the molecule is CC(C)CC(=O)Nc1cncc(Br)c1.[HH]. The summed E-state index contributed by atoms with van der Waals surface area (Å²) in [4.78, 5) is 15.3. The van der Waals surface area contributed by atoms with Gasteiger partial charge in [-0.3, -0.25) is 9.78 Å². The zero-order chi connectivity index (χ0) is 10.6. The first-order chi connectivity index (χ1) is 6.58. The lowest BCUT2D eigenvalue weighted by Gasteiger charge is -2.06. The smallest absolute Gasteiger partial charge is 0.224 e. The van der Waals surface area contributed by atoms with E-state index in [1.165, 1.54) is 0 Å². The minimum absolute atomic E-state index is 0. The largest absolute Gasteiger partial charge is 0.325 e. The molecule has 78 valence electrons. The number of hydrogen-bond acceptors (Lipinski definition) is 2. The zero-order valence-corrected chi connectivity index (χ0v) is 9.84. The summed E-state index contributed by atoms with van der Waals surface area (Å²) in [5.74, 6) is 0.398. The van der Waals surface area contributed by atoms with Gasteiger partial charge in [-0.15, -0.1) is 0 Å². The number of carbonyl (C=O) groups is 1. The highest BCUT2D eigenvalue weighted by Crippen LogP contribution is 2.14. The first kappa shape index (κ1) is 11.2. The van der Waals surface area contributed by atoms with Crippen molar-refractivity contribution in [2.45, 2.75) is 20.3 Å². The lowest BCUT2D eigenvalue weighted by molar-refractivity contribution is -0.116. The molecule has 1 heterocycles. The number of pyridine rings is 1. The standard InChI is InChI=1S/C10H13BrN2O.H2/c1-7(2)3-10(14)13-9-4-8(11)5-12-6-9;/h4-7H,3H2,1-2H3,(H,13,14);1H. The van der Waals surface area contributed by atoms with Crippen LogP contribution >= 0.6 is 15.9 Å². The van der Waals surface area contributed by atoms with Gasteiger partial charge in [-0.25, -0.2) is 0 Å². The quantitative estimate of drug-likeness (QED) is 0.906. The number of hydrogen-bond donors (Lipinski definition) is 1. The van der Waals surface area contributed by atoms with E-state index < -0.39 is 0 Å². The lowest BCUT2D eigenvalue weighted by atomic mass is 10.1. The van der Waals surface area contributed by atoms with Crippen LogP contribution in [0.2, 0.25) is 0 Å². The maximum absolute atomic E-state index is 11.4. The van der Waals surface area contributed by atoms with E-state index in [-0.39, 0.29) is 7.33 Å². The van der Waals surface area contributed by atoms with Crippen molar-refractivity contribution in [1.29, 1.82) is 0 Å². The Labute approximate surface area is 93.5 Å². The predicted molar refractivity (Wildman–Crippen MR) is 62.1 cm³/mol. The minimum Gasteiger partial charge on any atom is -0.325 e. The van der Waals surface area contributed by atoms with Gasteiger partial charge in [0.1, 0.15) is 0 Å². The fraction of sp³-hybridized carbons (Fsp3) is 0.400. The molecule has 1 aromatic heterocycles. The Morgan fingerprint density at radius 1 is 1.64 bits per heavy atom. The second-order valence-corrected chi connectivity index (χ2v) is 4.45. The van der Waals surface area contributed by atoms with Crippen LogP contribution < -0.4 is 5.32 Å². The molecule has 1 N–H and O–H groups in total. The van der Waals surface area contributed by atoms with Gasteiger partial charge in [-0.05, 0) is 27.9 Å². The molecule has 3 nitrogen and oxygen atoms in total. The molecule has 1 rings (SSSR count). The molecule has 0 unspecified atom stereocenters. The Morgan fingerprint density at radius 3 is 2.93 bits per heavy atom. The van der Waals surface area contributed by atoms with Crippen molar-refractivity contribution in [2.75, 3.05) is 5.32 Å². The van der Waals surface area contributed by atoms with Crippen LogP contribution in [0, 0.1) is 5.92 Å². The highest BCUT2D eigenvalue weighted by atomic mass is 79.9. The van der Waals surface area contributed by atoms with Gasteiger partial charge in [0.15, 0.2) is 0 Å². The van der Waals surface area contributed by atoms with Crippen LogP contribution in [0.15, 0.2) is 22.9 Å². The highest BCUT2D eigenvalue weighted by molar-refractivity contribution is 9.10. The topological polar surface area (TPSA) is 42.0 Å². The van der Waals surface area contributed by atoms with E-state index >= 15 is 0 Å². The third-order valence-corrected chi connectivity index (χ3v) is 2.02. The van der Waals surface area contributed by atoms with Gasteiger partial charge in [-0.2, -0.15) is 0 Å². The van der Waals surface area contributed by atoms with Crippen molar-refractivity contribution in [2.24, 2.45) is 5.92 Å². The summed E-state index contributed by atoms with van der Waals surface area (Å²) in [6.45, 7) is 4.03. The number of halogens is 1. The maximum Gasteiger partial charge on any atom is 0.224 e. The van der Waals surface area contributed by atoms with Crippen LogP contribution in [0.3, 0.4) is 0 Å². The van der Waals surface area contributed by atoms with Gasteiger partial charge in [0.2, 0.25) is 5.91 Å². The second-order valence-electron chi connectivity index (χ2n) is 3.54. The number of nitrogens with one attached hydrogen (secondary N) is 1. The number of anilines is 1. The summed E-state index contributed by atoms with van der Waals surface area (Å²) in [5, 5.41) is 2.78. The Kier molecular flexibility index (Phi) is 4.07. The molecule has 14 heavy (non-hydrogen) atoms. The molecule has 0 spiro atoms. The summed E-state index contributed by atoms with van der Waals surface area (Å²) in [6, 6.07) is 1.82. The summed E-state index contributed by atoms with van der Waals surface area (Å²) in [6.07, 6.45) is 3.84. The first-order valence-electron chi connectivity index (χ1n) is 4.48. The molecule has 0 saturated heterocycles. The van der Waals surface area contributed by atoms with Crippen molar-refractivity contribution in [3.63, 3.8) is 0 Å². The highest BCUT2D eigenvalue weighted by Gasteiger charge is 2.05. The van der Waals surface area contributed by atoms with Crippen LogP contribution in [0.25, 0.3) is 0 Å². The summed E-state index contributed by atoms with van der Waals surface area (Å²) in [5.41, 5.74) is 0.727. The Bertz CT molecular complexity index is 331. The van der Waals surface area contributed by atoms with Gasteiger partial charge in [0, 0.05) is 18.5 Å². The van der Waals surface area contributed by atoms with E-state index in [2.05, 4.69) is 26.2 Å². The van der Waals surface area contributed by atoms with Crippen LogP contribution in [0.4, 0.5) is 5.69 Å². The Hall–Kier alpha value is -0.900. The normalized spacial score (nSPS) is 10.3. The van der Waals surface area contributed by atoms with Crippen LogP contribution in [0.1, 0.15) is 21.7 Å². The molecule has 1 amide bonds. The number of aromatic nitrogens is 1. The van der Waals surface area contributed by atoms with E-state index in [0.29, 0.717) is 12.3 Å². The van der Waals surface area contributed by atoms with E-state index in [9.17, 15) is 4.79 Å². The van der Waals surface area contributed by atoms with E-state index in [1.807, 2.05) is 19.9 Å². The van der Waals surface area contributed by atoms with Gasteiger partial charge in [0.25, 0.3) is 0 Å². The zero-order valence-electron chi connectivity index (χ0n) is 8.25. The van der Waals surface area contributed by atoms with Gasteiger partial charge in [0.05, 0.1) is 11.9 Å². The second kappa shape index (κ2) is 5.10. The summed E-state index contributed by atoms with van der Waals surface area (Å²) in [7, 11) is 0. The van der Waals surface area contributed by atoms with Crippen molar-refractivity contribution in [3.8, 4) is 0 Å². The van der Waals surface area contributed by atoms with Gasteiger partial charge < -0.3 is 5.32 Å². The van der Waals surface area contributed by atoms with E-state index in [0.717, 1.165) is 10.2 Å². The molecule has 0 aliphatic rings. The molecule has 0 aromatic carbocycles. The van der Waals surface area contributed by atoms with Crippen molar-refractivity contribution in [3.05, 3.63) is 22.9 Å². The van der Waals surface area contributed by atoms with E-state index in [1.54, 1.807) is 12.4 Å². The molecule has 0 aliphatic heterocycles. The molecule has 0 fully saturated rings. The molecule has 0 atom stereocenters. The van der Waals surface area contributed by atoms with E-state index in [4.69, 9.17) is 0 Å². The third kappa shape index (κ3) is 3.87. The minimum atomic E-state index is 0. The number of nitrogens with zero attached hydrogens (tertiary/aromatic N) is 1. The lowest BCUT2D eigenvalue weighted by Crippen LogP contribution is -2.13. The fourth-order valence-electron chi connectivity index (χ4n) is 1.06. The molecule has 4 heteroatoms. The van der Waals surface area contributed by atoms with Crippen LogP contribution in [-0.2, 0) is 4.79 Å². The van der Waals surface area contributed by atoms with Crippen molar-refractivity contribution in [1.82, 2.24) is 4.98 Å². The number of carbonyl (C=O) groups excluding carboxylic acids is 1. The Morgan fingerprint density at radius 2 is 2.36 bits per heavy atom. The van der Waals surface area contributed by atoms with Crippen LogP contribution in [-0.4, -0.2) is 10.9 Å². The molecule has 0 bridgehead atoms. The fourth-order valence-corrected chi connectivity index (χ4v) is 1.43. The van der Waals surface area contributed by atoms with Crippen LogP contribution in [0.5, 0.6) is 0 Å². The molecule has 0 radical (unpaired) electrons. The van der Waals surface area contributed by atoms with Crippen molar-refractivity contribution >= 4 is 27.5 Å². The summed E-state index contributed by atoms with van der Waals surface area (Å²) >= 11 is 3.29. The average Bonchev–Trinajstić information content (AvgIpc) is 2.01. The van der Waals surface area contributed by atoms with Gasteiger partial charge in [-0.1, -0.05) is 13.8 Å². The molecule has 0 saturated carbocycles. The number of rotatable bonds is 3. The number of amides is 1. The van der Waals surface area contributed by atoms with Gasteiger partial charge >= 0.3 is 0 Å². The maximum atomic E-state index is 11.4. The molecule has 1 aromatic rings. The molecular formula is C10H15BrN2O. The predicted octanol–water partition coefficient (Wildman–Crippen LogP) is 3.07. The third-order valence-electron chi connectivity index (χ3n) is 1.58. The summed E-state index contributed by atoms with van der Waals surface area (Å²) < 4.78 is 0.861. The monoisotopic (exact) mass is 258 g/mol. The Balaban J connectivity index is 0.00000196. The van der Waals surface area contributed by atoms with Crippen molar-refractivity contribution < 1.29 is 6.22 Å². The average molecular weight is 259 g/mol.